The summed E-state index contributed by atoms with van der Waals surface area (Å²) in [5.74, 6) is -7.39. The van der Waals surface area contributed by atoms with E-state index in [-0.39, 0.29) is 56.4 Å². The van der Waals surface area contributed by atoms with Crippen LogP contribution >= 0.6 is 0 Å². The van der Waals surface area contributed by atoms with Crippen LogP contribution in [0.4, 0.5) is 4.39 Å². The van der Waals surface area contributed by atoms with Gasteiger partial charge in [-0.1, -0.05) is 71.3 Å². The van der Waals surface area contributed by atoms with Crippen LogP contribution in [-0.4, -0.2) is 111 Å². The minimum absolute atomic E-state index is 0.0859. The highest BCUT2D eigenvalue weighted by molar-refractivity contribution is 6.00. The van der Waals surface area contributed by atoms with Crippen molar-refractivity contribution >= 4 is 29.2 Å². The van der Waals surface area contributed by atoms with Gasteiger partial charge in [0, 0.05) is 48.0 Å². The van der Waals surface area contributed by atoms with Crippen LogP contribution in [0, 0.1) is 58.2 Å². The van der Waals surface area contributed by atoms with Gasteiger partial charge >= 0.3 is 11.9 Å². The Morgan fingerprint density at radius 1 is 0.967 bits per heavy atom. The first kappa shape index (κ1) is 48.0. The highest BCUT2D eigenvalue weighted by atomic mass is 19.1. The average Bonchev–Trinajstić information content (AvgIpc) is 3.40. The first-order valence-corrected chi connectivity index (χ1v) is 21.8. The van der Waals surface area contributed by atoms with E-state index in [1.165, 1.54) is 19.9 Å². The van der Waals surface area contributed by atoms with Gasteiger partial charge in [0.2, 0.25) is 0 Å². The summed E-state index contributed by atoms with van der Waals surface area (Å²) in [5.41, 5.74) is -8.51. The Morgan fingerprint density at radius 3 is 2.23 bits per heavy atom. The summed E-state index contributed by atoms with van der Waals surface area (Å²) in [5, 5.41) is 51.9. The van der Waals surface area contributed by atoms with Crippen LogP contribution in [0.25, 0.3) is 0 Å². The van der Waals surface area contributed by atoms with Gasteiger partial charge < -0.3 is 39.5 Å². The van der Waals surface area contributed by atoms with Gasteiger partial charge in [-0.15, -0.1) is 0 Å². The van der Waals surface area contributed by atoms with Gasteiger partial charge in [0.15, 0.2) is 23.7 Å². The summed E-state index contributed by atoms with van der Waals surface area (Å²) in [7, 11) is 1.54. The summed E-state index contributed by atoms with van der Waals surface area (Å²) in [4.78, 5) is 58.8. The molecule has 2 unspecified atom stereocenters. The molecule has 5 aliphatic rings. The highest BCUT2D eigenvalue weighted by Crippen LogP contribution is 2.70. The van der Waals surface area contributed by atoms with E-state index >= 15 is 4.39 Å². The monoisotopic (exact) mass is 847 g/mol. The van der Waals surface area contributed by atoms with Gasteiger partial charge in [0.25, 0.3) is 0 Å². The molecule has 13 nitrogen and oxygen atoms in total. The number of hydrogen-bond donors (Lipinski definition) is 4. The van der Waals surface area contributed by atoms with E-state index in [4.69, 9.17) is 19.0 Å². The van der Waals surface area contributed by atoms with Gasteiger partial charge in [-0.25, -0.2) is 9.18 Å². The number of aliphatic hydroxyl groups excluding tert-OH is 2. The van der Waals surface area contributed by atoms with Crippen molar-refractivity contribution in [2.24, 2.45) is 63.3 Å². The van der Waals surface area contributed by atoms with Crippen LogP contribution in [-0.2, 0) is 38.2 Å². The second kappa shape index (κ2) is 16.9. The molecule has 4 aliphatic carbocycles. The third-order valence-electron chi connectivity index (χ3n) is 16.5. The molecule has 0 bridgehead atoms. The van der Waals surface area contributed by atoms with Crippen molar-refractivity contribution in [3.63, 3.8) is 0 Å². The van der Waals surface area contributed by atoms with Crippen LogP contribution in [0.1, 0.15) is 115 Å². The maximum atomic E-state index is 17.6. The molecule has 0 radical (unpaired) electrons. The number of halogens is 1. The smallest absolute Gasteiger partial charge is 0.339 e. The number of esters is 2. The number of Topliss-reactive ketones (excluding diaryl/α,β-unsaturated/α-hetero) is 1. The number of methoxy groups -OCH3 is 1. The lowest BCUT2D eigenvalue weighted by Gasteiger charge is -2.61. The predicted octanol–water partition coefficient (Wildman–Crippen LogP) is 5.24. The van der Waals surface area contributed by atoms with E-state index < -0.39 is 105 Å². The second-order valence-corrected chi connectivity index (χ2v) is 19.8. The molecule has 2 saturated carbocycles. The topological polar surface area (TPSA) is 198 Å². The molecule has 5 rings (SSSR count). The largest absolute Gasteiger partial charge is 0.460 e. The van der Waals surface area contributed by atoms with E-state index in [9.17, 15) is 39.6 Å². The number of nitrogens with zero attached hydrogens (tertiary/aromatic N) is 1. The minimum Gasteiger partial charge on any atom is -0.460 e. The molecule has 17 atom stereocenters. The fourth-order valence-corrected chi connectivity index (χ4v) is 12.1. The Morgan fingerprint density at radius 2 is 1.62 bits per heavy atom. The Labute approximate surface area is 354 Å². The average molecular weight is 848 g/mol. The molecule has 338 valence electrons. The van der Waals surface area contributed by atoms with E-state index in [2.05, 4.69) is 5.16 Å². The molecule has 4 N–H and O–H groups in total. The number of alkyl halides is 1. The fraction of sp³-hybridized carbons (Fsp3) is 0.804. The first-order valence-electron chi connectivity index (χ1n) is 21.8. The molecule has 1 heterocycles. The van der Waals surface area contributed by atoms with E-state index in [1.54, 1.807) is 54.7 Å². The van der Waals surface area contributed by atoms with Gasteiger partial charge in [-0.05, 0) is 83.6 Å². The van der Waals surface area contributed by atoms with Gasteiger partial charge in [0.05, 0.1) is 23.5 Å². The normalized spacial score (nSPS) is 48.3. The number of aliphatic hydroxyl groups is 4. The molecular weight excluding hydrogens is 777 g/mol. The third kappa shape index (κ3) is 7.41. The quantitative estimate of drug-likeness (QED) is 0.0856. The van der Waals surface area contributed by atoms with Crippen molar-refractivity contribution in [3.8, 4) is 0 Å². The van der Waals surface area contributed by atoms with E-state index in [1.807, 2.05) is 26.8 Å². The maximum absolute atomic E-state index is 17.6. The highest BCUT2D eigenvalue weighted by Gasteiger charge is 2.76. The number of carbonyl (C=O) groups excluding carboxylic acids is 4. The number of cyclic esters (lactones) is 1. The molecule has 3 fully saturated rings. The number of carbonyl (C=O) groups is 4. The molecule has 0 spiro atoms. The molecule has 0 aromatic heterocycles. The van der Waals surface area contributed by atoms with Crippen molar-refractivity contribution in [2.75, 3.05) is 20.3 Å². The van der Waals surface area contributed by atoms with Crippen molar-refractivity contribution in [2.45, 2.75) is 155 Å². The van der Waals surface area contributed by atoms with Gasteiger partial charge in [-0.3, -0.25) is 14.4 Å². The number of fused-ring (bicyclic) bond motifs is 5. The Bertz CT molecular complexity index is 1780. The molecule has 1 saturated heterocycles. The molecule has 1 aliphatic heterocycles. The van der Waals surface area contributed by atoms with Crippen LogP contribution in [0.3, 0.4) is 0 Å². The fourth-order valence-electron chi connectivity index (χ4n) is 12.1. The summed E-state index contributed by atoms with van der Waals surface area (Å²) in [6.45, 7) is 18.2. The Hall–Kier alpha value is -3.04. The SMILES string of the molecule is CC[C@H]1OC(=O)[C@H](C)C(=O)[C@H](C)[C@@H](C)[C@](C)(OC)C[C@@H](C)C(=NOCCOC(=O)[C@@]2(O)[C@H](C)CC3C4CC=C5CC(=O)C=C[C@]5(C)[C@@]4(F)[C@@H](O)C[C@@]32C)[C@H](C)[C@@H](O)[C@]1(C)O. The number of oxime groups is 1. The number of ether oxygens (including phenoxy) is 3. The van der Waals surface area contributed by atoms with Crippen molar-refractivity contribution in [1.29, 1.82) is 0 Å². The summed E-state index contributed by atoms with van der Waals surface area (Å²) in [6.07, 6.45) is 1.59. The van der Waals surface area contributed by atoms with Crippen LogP contribution < -0.4 is 0 Å². The summed E-state index contributed by atoms with van der Waals surface area (Å²) >= 11 is 0. The van der Waals surface area contributed by atoms with Crippen molar-refractivity contribution < 1.29 is 63.0 Å². The molecule has 0 aromatic carbocycles. The first-order chi connectivity index (χ1) is 27.7. The van der Waals surface area contributed by atoms with E-state index in [0.717, 1.165) is 0 Å². The molecular formula is C46H70FNO12. The molecule has 14 heteroatoms. The lowest BCUT2D eigenvalue weighted by molar-refractivity contribution is -0.224. The summed E-state index contributed by atoms with van der Waals surface area (Å²) in [6, 6.07) is 0. The Kier molecular flexibility index (Phi) is 13.5. The molecule has 0 amide bonds. The summed E-state index contributed by atoms with van der Waals surface area (Å²) < 4.78 is 35.0. The van der Waals surface area contributed by atoms with Gasteiger partial charge in [0.1, 0.15) is 30.0 Å². The molecule has 60 heavy (non-hydrogen) atoms. The third-order valence-corrected chi connectivity index (χ3v) is 16.5. The van der Waals surface area contributed by atoms with Gasteiger partial charge in [-0.2, -0.15) is 0 Å². The van der Waals surface area contributed by atoms with Crippen LogP contribution in [0.5, 0.6) is 0 Å². The van der Waals surface area contributed by atoms with Crippen LogP contribution in [0.2, 0.25) is 0 Å². The number of allylic oxidation sites excluding steroid dienone is 4. The van der Waals surface area contributed by atoms with E-state index in [0.29, 0.717) is 24.1 Å². The zero-order chi connectivity index (χ0) is 45.1. The number of ketones is 2. The standard InChI is InChI=1S/C46H70FNO12/c1-13-35-44(11,55)38(52)27(5)36(24(2)22-43(10,57-12)29(7)26(4)37(51)28(6)39(53)60-35)48-59-19-18-58-40(54)46(56)25(3)20-33-32-15-14-30-21-31(49)16-17-41(30,8)45(32,47)34(50)23-42(33,46)9/h14,16-17,24-29,32-35,38,50,52,55-56H,13,15,18-23H2,1-12H3/t24-,25-,26-,27+,28-,29-,32?,33?,34+,35-,38-,41+,42+,43-,44-,45+,46+/m1/s1. The van der Waals surface area contributed by atoms with Crippen molar-refractivity contribution in [3.05, 3.63) is 23.8 Å². The maximum Gasteiger partial charge on any atom is 0.339 e. The number of hydrogen-bond acceptors (Lipinski definition) is 13. The van der Waals surface area contributed by atoms with Crippen LogP contribution in [0.15, 0.2) is 29.0 Å². The lowest BCUT2D eigenvalue weighted by Crippen LogP contribution is -2.69. The predicted molar refractivity (Wildman–Crippen MR) is 220 cm³/mol. The zero-order valence-electron chi connectivity index (χ0n) is 37.6. The Balaban J connectivity index is 1.36. The lowest BCUT2D eigenvalue weighted by atomic mass is 9.45. The minimum atomic E-state index is -2.11. The molecule has 0 aromatic rings. The zero-order valence-corrected chi connectivity index (χ0v) is 37.6. The van der Waals surface area contributed by atoms with Crippen molar-refractivity contribution in [1.82, 2.24) is 0 Å². The second-order valence-electron chi connectivity index (χ2n) is 19.8. The number of rotatable bonds is 7.